The minimum atomic E-state index is 0.254. The van der Waals surface area contributed by atoms with Crippen LogP contribution in [0.15, 0.2) is 17.5 Å². The fourth-order valence-electron chi connectivity index (χ4n) is 3.18. The third kappa shape index (κ3) is 2.89. The molecule has 4 nitrogen and oxygen atoms in total. The highest BCUT2D eigenvalue weighted by Crippen LogP contribution is 2.36. The van der Waals surface area contributed by atoms with Crippen LogP contribution in [0.5, 0.6) is 0 Å². The zero-order valence-electron chi connectivity index (χ0n) is 12.0. The van der Waals surface area contributed by atoms with Gasteiger partial charge in [0, 0.05) is 13.1 Å². The molecule has 2 aliphatic rings. The molecule has 1 atom stereocenters. The van der Waals surface area contributed by atoms with E-state index >= 15 is 0 Å². The van der Waals surface area contributed by atoms with Gasteiger partial charge in [-0.1, -0.05) is 11.1 Å². The number of hydrogen-bond donors (Lipinski definition) is 1. The first-order valence-electron chi connectivity index (χ1n) is 7.53. The monoisotopic (exact) mass is 260 g/mol. The average molecular weight is 260 g/mol. The number of aromatic nitrogens is 3. The molecule has 19 heavy (non-hydrogen) atoms. The maximum absolute atomic E-state index is 4.38. The Labute approximate surface area is 115 Å². The number of rotatable bonds is 3. The summed E-state index contributed by atoms with van der Waals surface area (Å²) in [5.74, 6) is 0.908. The van der Waals surface area contributed by atoms with Crippen molar-refractivity contribution in [1.29, 1.82) is 0 Å². The Hall–Kier alpha value is -1.16. The third-order valence-electron chi connectivity index (χ3n) is 4.54. The Kier molecular flexibility index (Phi) is 3.69. The fraction of sp³-hybridized carbons (Fsp3) is 0.733. The first-order chi connectivity index (χ1) is 9.22. The molecular formula is C15H24N4. The summed E-state index contributed by atoms with van der Waals surface area (Å²) in [4.78, 5) is 4.33. The SMILES string of the molecule is CC(NC1CCC(=C2CCC2)CC1)c1ncn(C)n1. The number of nitrogens with one attached hydrogen (secondary N) is 1. The summed E-state index contributed by atoms with van der Waals surface area (Å²) in [6.45, 7) is 2.16. The van der Waals surface area contributed by atoms with Crippen molar-refractivity contribution >= 4 is 0 Å². The van der Waals surface area contributed by atoms with E-state index in [1.807, 2.05) is 7.05 Å². The predicted octanol–water partition coefficient (Wildman–Crippen LogP) is 2.89. The molecule has 1 N–H and O–H groups in total. The van der Waals surface area contributed by atoms with E-state index in [9.17, 15) is 0 Å². The van der Waals surface area contributed by atoms with Crippen molar-refractivity contribution in [2.45, 2.75) is 64.0 Å². The molecule has 2 aliphatic carbocycles. The molecular weight excluding hydrogens is 236 g/mol. The molecule has 0 aliphatic heterocycles. The van der Waals surface area contributed by atoms with Crippen LogP contribution in [0.2, 0.25) is 0 Å². The topological polar surface area (TPSA) is 42.7 Å². The molecule has 104 valence electrons. The Balaban J connectivity index is 1.52. The Morgan fingerprint density at radius 3 is 2.42 bits per heavy atom. The second-order valence-electron chi connectivity index (χ2n) is 6.00. The summed E-state index contributed by atoms with van der Waals surface area (Å²) in [7, 11) is 1.92. The molecule has 4 heteroatoms. The third-order valence-corrected chi connectivity index (χ3v) is 4.54. The summed E-state index contributed by atoms with van der Waals surface area (Å²) < 4.78 is 1.77. The quantitative estimate of drug-likeness (QED) is 0.850. The molecule has 0 amide bonds. The highest BCUT2D eigenvalue weighted by atomic mass is 15.3. The number of hydrogen-bond acceptors (Lipinski definition) is 3. The van der Waals surface area contributed by atoms with E-state index in [0.717, 1.165) is 5.82 Å². The van der Waals surface area contributed by atoms with Crippen molar-refractivity contribution < 1.29 is 0 Å². The molecule has 0 radical (unpaired) electrons. The normalized spacial score (nSPS) is 25.3. The van der Waals surface area contributed by atoms with Gasteiger partial charge in [0.25, 0.3) is 0 Å². The van der Waals surface area contributed by atoms with Crippen LogP contribution in [-0.2, 0) is 7.05 Å². The summed E-state index contributed by atoms with van der Waals surface area (Å²) in [6.07, 6.45) is 11.1. The van der Waals surface area contributed by atoms with Gasteiger partial charge in [0.05, 0.1) is 6.04 Å². The van der Waals surface area contributed by atoms with Gasteiger partial charge in [0.15, 0.2) is 5.82 Å². The minimum Gasteiger partial charge on any atom is -0.305 e. The minimum absolute atomic E-state index is 0.254. The first-order valence-corrected chi connectivity index (χ1v) is 7.53. The maximum Gasteiger partial charge on any atom is 0.167 e. The Morgan fingerprint density at radius 2 is 1.89 bits per heavy atom. The van der Waals surface area contributed by atoms with Gasteiger partial charge in [0.2, 0.25) is 0 Å². The lowest BCUT2D eigenvalue weighted by atomic mass is 9.80. The molecule has 1 heterocycles. The molecule has 3 rings (SSSR count). The van der Waals surface area contributed by atoms with E-state index in [2.05, 4.69) is 22.3 Å². The Morgan fingerprint density at radius 1 is 1.21 bits per heavy atom. The van der Waals surface area contributed by atoms with E-state index in [1.165, 1.54) is 44.9 Å². The standard InChI is InChI=1S/C15H24N4/c1-11(15-16-10-19(2)18-15)17-14-8-6-13(7-9-14)12-4-3-5-12/h10-11,14,17H,3-9H2,1-2H3. The average Bonchev–Trinajstić information content (AvgIpc) is 2.76. The van der Waals surface area contributed by atoms with Crippen LogP contribution in [0.3, 0.4) is 0 Å². The van der Waals surface area contributed by atoms with E-state index in [1.54, 1.807) is 22.2 Å². The molecule has 2 fully saturated rings. The van der Waals surface area contributed by atoms with Gasteiger partial charge in [0.1, 0.15) is 6.33 Å². The Bertz CT molecular complexity index is 458. The molecule has 1 unspecified atom stereocenters. The molecule has 0 saturated heterocycles. The second-order valence-corrected chi connectivity index (χ2v) is 6.00. The van der Waals surface area contributed by atoms with Crippen molar-refractivity contribution in [3.8, 4) is 0 Å². The smallest absolute Gasteiger partial charge is 0.167 e. The molecule has 2 saturated carbocycles. The predicted molar refractivity (Wildman–Crippen MR) is 75.7 cm³/mol. The van der Waals surface area contributed by atoms with E-state index < -0.39 is 0 Å². The van der Waals surface area contributed by atoms with Crippen LogP contribution in [0.1, 0.15) is 63.7 Å². The van der Waals surface area contributed by atoms with Crippen LogP contribution in [0.4, 0.5) is 0 Å². The van der Waals surface area contributed by atoms with Crippen LogP contribution in [0.25, 0.3) is 0 Å². The summed E-state index contributed by atoms with van der Waals surface area (Å²) in [5, 5.41) is 8.06. The van der Waals surface area contributed by atoms with Gasteiger partial charge in [-0.15, -0.1) is 0 Å². The van der Waals surface area contributed by atoms with Crippen molar-refractivity contribution in [1.82, 2.24) is 20.1 Å². The van der Waals surface area contributed by atoms with Gasteiger partial charge < -0.3 is 5.32 Å². The van der Waals surface area contributed by atoms with Gasteiger partial charge >= 0.3 is 0 Å². The van der Waals surface area contributed by atoms with Crippen LogP contribution in [-0.4, -0.2) is 20.8 Å². The molecule has 1 aromatic heterocycles. The van der Waals surface area contributed by atoms with Crippen LogP contribution >= 0.6 is 0 Å². The zero-order chi connectivity index (χ0) is 13.2. The first kappa shape index (κ1) is 12.9. The highest BCUT2D eigenvalue weighted by molar-refractivity contribution is 5.21. The van der Waals surface area contributed by atoms with E-state index in [-0.39, 0.29) is 6.04 Å². The summed E-state index contributed by atoms with van der Waals surface area (Å²) >= 11 is 0. The summed E-state index contributed by atoms with van der Waals surface area (Å²) in [6, 6.07) is 0.882. The lowest BCUT2D eigenvalue weighted by Crippen LogP contribution is -2.34. The van der Waals surface area contributed by atoms with Gasteiger partial charge in [-0.2, -0.15) is 5.10 Å². The van der Waals surface area contributed by atoms with E-state index in [0.29, 0.717) is 6.04 Å². The van der Waals surface area contributed by atoms with E-state index in [4.69, 9.17) is 0 Å². The molecule has 0 spiro atoms. The van der Waals surface area contributed by atoms with Crippen molar-refractivity contribution in [3.63, 3.8) is 0 Å². The van der Waals surface area contributed by atoms with Crippen LogP contribution in [0, 0.1) is 0 Å². The highest BCUT2D eigenvalue weighted by Gasteiger charge is 2.23. The second kappa shape index (κ2) is 5.45. The molecule has 0 bridgehead atoms. The van der Waals surface area contributed by atoms with Gasteiger partial charge in [-0.05, 0) is 51.9 Å². The van der Waals surface area contributed by atoms with Gasteiger partial charge in [-0.3, -0.25) is 4.68 Å². The van der Waals surface area contributed by atoms with Crippen molar-refractivity contribution in [3.05, 3.63) is 23.3 Å². The fourth-order valence-corrected chi connectivity index (χ4v) is 3.18. The lowest BCUT2D eigenvalue weighted by molar-refractivity contribution is 0.370. The van der Waals surface area contributed by atoms with Gasteiger partial charge in [-0.25, -0.2) is 4.98 Å². The molecule has 0 aromatic carbocycles. The molecule has 1 aromatic rings. The number of aryl methyl sites for hydroxylation is 1. The lowest BCUT2D eigenvalue weighted by Gasteiger charge is -2.31. The largest absolute Gasteiger partial charge is 0.305 e. The van der Waals surface area contributed by atoms with Crippen molar-refractivity contribution in [2.24, 2.45) is 7.05 Å². The number of allylic oxidation sites excluding steroid dienone is 2. The van der Waals surface area contributed by atoms with Crippen molar-refractivity contribution in [2.75, 3.05) is 0 Å². The number of nitrogens with zero attached hydrogens (tertiary/aromatic N) is 3. The van der Waals surface area contributed by atoms with Crippen LogP contribution < -0.4 is 5.32 Å². The zero-order valence-corrected chi connectivity index (χ0v) is 12.0. The maximum atomic E-state index is 4.38. The summed E-state index contributed by atoms with van der Waals surface area (Å²) in [5.41, 5.74) is 3.55.